The summed E-state index contributed by atoms with van der Waals surface area (Å²) in [6, 6.07) is 1.87. The molecule has 0 amide bonds. The zero-order chi connectivity index (χ0) is 13.6. The standard InChI is InChI=1S/C12H17NO2.C2H6/c1-8-10(11(14)15-5)9(6-7-13-8)12(2,3)4;1-2/h6-7H,1-5H3;1-2H3. The number of hydrogen-bond donors (Lipinski definition) is 0. The van der Waals surface area contributed by atoms with Crippen molar-refractivity contribution in [2.75, 3.05) is 7.11 Å². The summed E-state index contributed by atoms with van der Waals surface area (Å²) in [7, 11) is 1.39. The molecule has 0 unspecified atom stereocenters. The van der Waals surface area contributed by atoms with Gasteiger partial charge in [0.25, 0.3) is 0 Å². The second-order valence-electron chi connectivity index (χ2n) is 4.56. The molecular formula is C14H23NO2. The number of ether oxygens (including phenoxy) is 1. The fourth-order valence-electron chi connectivity index (χ4n) is 1.55. The number of rotatable bonds is 1. The monoisotopic (exact) mass is 237 g/mol. The molecule has 0 N–H and O–H groups in total. The van der Waals surface area contributed by atoms with E-state index in [9.17, 15) is 4.79 Å². The normalized spacial score (nSPS) is 10.3. The predicted molar refractivity (Wildman–Crippen MR) is 70.4 cm³/mol. The lowest BCUT2D eigenvalue weighted by Gasteiger charge is -2.22. The van der Waals surface area contributed by atoms with E-state index < -0.39 is 0 Å². The van der Waals surface area contributed by atoms with Gasteiger partial charge in [0.1, 0.15) is 0 Å². The van der Waals surface area contributed by atoms with E-state index in [4.69, 9.17) is 4.74 Å². The first-order chi connectivity index (χ1) is 7.88. The molecule has 96 valence electrons. The Kier molecular flexibility index (Phi) is 5.86. The molecule has 0 spiro atoms. The number of nitrogens with zero attached hydrogens (tertiary/aromatic N) is 1. The van der Waals surface area contributed by atoms with Gasteiger partial charge in [-0.05, 0) is 24.0 Å². The Labute approximate surface area is 104 Å². The Hall–Kier alpha value is -1.38. The van der Waals surface area contributed by atoms with Gasteiger partial charge in [0.2, 0.25) is 0 Å². The topological polar surface area (TPSA) is 39.2 Å². The molecular weight excluding hydrogens is 214 g/mol. The van der Waals surface area contributed by atoms with Gasteiger partial charge >= 0.3 is 5.97 Å². The van der Waals surface area contributed by atoms with Crippen molar-refractivity contribution in [3.63, 3.8) is 0 Å². The molecule has 3 heteroatoms. The molecule has 0 bridgehead atoms. The Morgan fingerprint density at radius 1 is 1.29 bits per heavy atom. The van der Waals surface area contributed by atoms with Crippen LogP contribution in [0.5, 0.6) is 0 Å². The molecule has 0 aromatic carbocycles. The van der Waals surface area contributed by atoms with E-state index in [-0.39, 0.29) is 11.4 Å². The SMILES string of the molecule is CC.COC(=O)c1c(C(C)(C)C)ccnc1C. The summed E-state index contributed by atoms with van der Waals surface area (Å²) >= 11 is 0. The third kappa shape index (κ3) is 3.84. The van der Waals surface area contributed by atoms with Crippen molar-refractivity contribution in [1.82, 2.24) is 4.98 Å². The average molecular weight is 237 g/mol. The van der Waals surface area contributed by atoms with Gasteiger partial charge in [0.05, 0.1) is 18.4 Å². The fourth-order valence-corrected chi connectivity index (χ4v) is 1.55. The van der Waals surface area contributed by atoms with Crippen molar-refractivity contribution in [3.05, 3.63) is 29.1 Å². The Morgan fingerprint density at radius 2 is 1.82 bits per heavy atom. The molecule has 0 fully saturated rings. The van der Waals surface area contributed by atoms with Crippen molar-refractivity contribution >= 4 is 5.97 Å². The molecule has 0 radical (unpaired) electrons. The zero-order valence-electron chi connectivity index (χ0n) is 11.9. The van der Waals surface area contributed by atoms with E-state index in [0.717, 1.165) is 5.56 Å². The third-order valence-electron chi connectivity index (χ3n) is 2.34. The van der Waals surface area contributed by atoms with Gasteiger partial charge in [-0.1, -0.05) is 34.6 Å². The predicted octanol–water partition coefficient (Wildman–Crippen LogP) is 3.50. The van der Waals surface area contributed by atoms with Gasteiger partial charge in [0.15, 0.2) is 0 Å². The van der Waals surface area contributed by atoms with Crippen LogP contribution in [0.25, 0.3) is 0 Å². The van der Waals surface area contributed by atoms with Gasteiger partial charge < -0.3 is 4.74 Å². The molecule has 0 saturated carbocycles. The molecule has 17 heavy (non-hydrogen) atoms. The van der Waals surface area contributed by atoms with E-state index in [0.29, 0.717) is 11.3 Å². The molecule has 0 aliphatic rings. The highest BCUT2D eigenvalue weighted by Gasteiger charge is 2.24. The van der Waals surface area contributed by atoms with Gasteiger partial charge in [-0.3, -0.25) is 4.98 Å². The molecule has 1 aromatic rings. The number of pyridine rings is 1. The Balaban J connectivity index is 0.00000121. The van der Waals surface area contributed by atoms with E-state index >= 15 is 0 Å². The molecule has 0 atom stereocenters. The van der Waals surface area contributed by atoms with Gasteiger partial charge in [-0.25, -0.2) is 4.79 Å². The number of aromatic nitrogens is 1. The van der Waals surface area contributed by atoms with Crippen LogP contribution in [-0.4, -0.2) is 18.1 Å². The van der Waals surface area contributed by atoms with Crippen LogP contribution in [0, 0.1) is 6.92 Å². The fraction of sp³-hybridized carbons (Fsp3) is 0.571. The summed E-state index contributed by atoms with van der Waals surface area (Å²) in [5, 5.41) is 0. The van der Waals surface area contributed by atoms with E-state index in [1.165, 1.54) is 7.11 Å². The van der Waals surface area contributed by atoms with Crippen molar-refractivity contribution in [3.8, 4) is 0 Å². The molecule has 3 nitrogen and oxygen atoms in total. The summed E-state index contributed by atoms with van der Waals surface area (Å²) in [5.41, 5.74) is 2.20. The van der Waals surface area contributed by atoms with Crippen LogP contribution in [0.1, 0.15) is 56.2 Å². The quantitative estimate of drug-likeness (QED) is 0.702. The molecule has 1 heterocycles. The number of aryl methyl sites for hydroxylation is 1. The Morgan fingerprint density at radius 3 is 2.24 bits per heavy atom. The summed E-state index contributed by atoms with van der Waals surface area (Å²) in [5.74, 6) is -0.314. The van der Waals surface area contributed by atoms with E-state index in [2.05, 4.69) is 25.8 Å². The van der Waals surface area contributed by atoms with Crippen molar-refractivity contribution in [2.45, 2.75) is 47.0 Å². The summed E-state index contributed by atoms with van der Waals surface area (Å²) in [6.07, 6.45) is 1.72. The van der Waals surface area contributed by atoms with Crippen molar-refractivity contribution < 1.29 is 9.53 Å². The van der Waals surface area contributed by atoms with Gasteiger partial charge in [-0.15, -0.1) is 0 Å². The summed E-state index contributed by atoms with van der Waals surface area (Å²) < 4.78 is 4.77. The number of carbonyl (C=O) groups is 1. The minimum Gasteiger partial charge on any atom is -0.465 e. The summed E-state index contributed by atoms with van der Waals surface area (Å²) in [4.78, 5) is 15.8. The highest BCUT2D eigenvalue weighted by molar-refractivity contribution is 5.92. The van der Waals surface area contributed by atoms with Crippen LogP contribution in [0.15, 0.2) is 12.3 Å². The smallest absolute Gasteiger partial charge is 0.340 e. The lowest BCUT2D eigenvalue weighted by Crippen LogP contribution is -2.19. The minimum absolute atomic E-state index is 0.0861. The maximum atomic E-state index is 11.6. The van der Waals surface area contributed by atoms with Crippen LogP contribution in [0.3, 0.4) is 0 Å². The molecule has 0 saturated heterocycles. The first-order valence-corrected chi connectivity index (χ1v) is 5.92. The molecule has 1 aromatic heterocycles. The van der Waals surface area contributed by atoms with Crippen LogP contribution < -0.4 is 0 Å². The number of hydrogen-bond acceptors (Lipinski definition) is 3. The van der Waals surface area contributed by atoms with Gasteiger partial charge in [0, 0.05) is 6.20 Å². The average Bonchev–Trinajstić information content (AvgIpc) is 2.29. The highest BCUT2D eigenvalue weighted by Crippen LogP contribution is 2.27. The van der Waals surface area contributed by atoms with Crippen LogP contribution in [-0.2, 0) is 10.2 Å². The molecule has 1 rings (SSSR count). The Bertz CT molecular complexity index is 378. The van der Waals surface area contributed by atoms with Crippen LogP contribution in [0.4, 0.5) is 0 Å². The van der Waals surface area contributed by atoms with E-state index in [1.54, 1.807) is 6.20 Å². The number of carbonyl (C=O) groups excluding carboxylic acids is 1. The molecule has 0 aliphatic heterocycles. The van der Waals surface area contributed by atoms with Crippen LogP contribution in [0.2, 0.25) is 0 Å². The third-order valence-corrected chi connectivity index (χ3v) is 2.34. The maximum Gasteiger partial charge on any atom is 0.340 e. The van der Waals surface area contributed by atoms with E-state index in [1.807, 2.05) is 26.8 Å². The lowest BCUT2D eigenvalue weighted by atomic mass is 9.84. The summed E-state index contributed by atoms with van der Waals surface area (Å²) in [6.45, 7) is 12.0. The lowest BCUT2D eigenvalue weighted by molar-refractivity contribution is 0.0596. The number of esters is 1. The maximum absolute atomic E-state index is 11.6. The second kappa shape index (κ2) is 6.38. The molecule has 0 aliphatic carbocycles. The first kappa shape index (κ1) is 15.6. The van der Waals surface area contributed by atoms with Gasteiger partial charge in [-0.2, -0.15) is 0 Å². The largest absolute Gasteiger partial charge is 0.465 e. The minimum atomic E-state index is -0.314. The number of methoxy groups -OCH3 is 1. The van der Waals surface area contributed by atoms with Crippen molar-refractivity contribution in [1.29, 1.82) is 0 Å². The zero-order valence-corrected chi connectivity index (χ0v) is 11.9. The van der Waals surface area contributed by atoms with Crippen molar-refractivity contribution in [2.24, 2.45) is 0 Å². The van der Waals surface area contributed by atoms with Crippen LogP contribution >= 0.6 is 0 Å². The first-order valence-electron chi connectivity index (χ1n) is 5.92. The second-order valence-corrected chi connectivity index (χ2v) is 4.56. The highest BCUT2D eigenvalue weighted by atomic mass is 16.5.